The molecular weight excluding hydrogens is 164 g/mol. The Morgan fingerprint density at radius 1 is 1.45 bits per heavy atom. The average Bonchev–Trinajstić information content (AvgIpc) is 2.39. The Kier molecular flexibility index (Phi) is 2.51. The van der Waals surface area contributed by atoms with E-state index in [9.17, 15) is 8.42 Å². The number of nitrogens with zero attached hydrogens (tertiary/aromatic N) is 2. The fraction of sp³-hybridized carbons (Fsp3) is 1.00. The summed E-state index contributed by atoms with van der Waals surface area (Å²) >= 11 is 0. The van der Waals surface area contributed by atoms with Crippen LogP contribution in [-0.4, -0.2) is 50.7 Å². The molecule has 0 aromatic carbocycles. The van der Waals surface area contributed by atoms with Crippen molar-refractivity contribution in [3.63, 3.8) is 0 Å². The Morgan fingerprint density at radius 3 is 2.36 bits per heavy atom. The second-order valence-electron chi connectivity index (χ2n) is 3.07. The lowest BCUT2D eigenvalue weighted by Gasteiger charge is -2.07. The van der Waals surface area contributed by atoms with Crippen LogP contribution in [0.15, 0.2) is 0 Å². The minimum Gasteiger partial charge on any atom is -0.309 e. The van der Waals surface area contributed by atoms with E-state index in [1.54, 1.807) is 0 Å². The van der Waals surface area contributed by atoms with E-state index >= 15 is 0 Å². The molecule has 0 N–H and O–H groups in total. The maximum absolute atomic E-state index is 10.7. The van der Waals surface area contributed by atoms with Gasteiger partial charge in [-0.15, -0.1) is 0 Å². The maximum Gasteiger partial charge on any atom is 0.229 e. The highest BCUT2D eigenvalue weighted by Crippen LogP contribution is 2.18. The zero-order chi connectivity index (χ0) is 8.48. The highest BCUT2D eigenvalue weighted by Gasteiger charge is 2.38. The van der Waals surface area contributed by atoms with Gasteiger partial charge in [0.15, 0.2) is 0 Å². The molecule has 1 fully saturated rings. The minimum absolute atomic E-state index is 0.264. The van der Waals surface area contributed by atoms with Gasteiger partial charge in [0.25, 0.3) is 0 Å². The van der Waals surface area contributed by atoms with E-state index in [0.717, 1.165) is 13.0 Å². The number of hydrogen-bond donors (Lipinski definition) is 0. The summed E-state index contributed by atoms with van der Waals surface area (Å²) in [5, 5.41) is 0. The van der Waals surface area contributed by atoms with Gasteiger partial charge >= 0.3 is 0 Å². The van der Waals surface area contributed by atoms with Crippen molar-refractivity contribution in [3.8, 4) is 0 Å². The summed E-state index contributed by atoms with van der Waals surface area (Å²) in [4.78, 5) is 2.05. The quantitative estimate of drug-likeness (QED) is 0.547. The van der Waals surface area contributed by atoms with Gasteiger partial charge in [0.2, 0.25) is 10.0 Å². The molecule has 0 radical (unpaired) electrons. The normalized spacial score (nSPS) is 27.4. The first-order valence-electron chi connectivity index (χ1n) is 3.65. The number of hydrogen-bond acceptors (Lipinski definition) is 3. The molecule has 0 amide bonds. The van der Waals surface area contributed by atoms with Gasteiger partial charge in [0.1, 0.15) is 5.88 Å². The molecule has 4 nitrogen and oxygen atoms in total. The topological polar surface area (TPSA) is 40.4 Å². The lowest BCUT2D eigenvalue weighted by molar-refractivity contribution is 0.384. The third-order valence-corrected chi connectivity index (χ3v) is 3.08. The first-order valence-corrected chi connectivity index (χ1v) is 5.26. The number of sulfonamides is 1. The molecule has 1 heterocycles. The zero-order valence-corrected chi connectivity index (χ0v) is 7.76. The standard InChI is InChI=1S/C6H14N2O2S/c1-7(2)4-3-5-8-6-11(8,9)10/h3-6H2,1-2H3. The van der Waals surface area contributed by atoms with Gasteiger partial charge in [0.05, 0.1) is 0 Å². The molecule has 1 unspecified atom stereocenters. The van der Waals surface area contributed by atoms with Gasteiger partial charge in [-0.25, -0.2) is 8.42 Å². The minimum atomic E-state index is -2.74. The predicted octanol–water partition coefficient (Wildman–Crippen LogP) is -0.459. The summed E-state index contributed by atoms with van der Waals surface area (Å²) in [5.41, 5.74) is 0. The fourth-order valence-electron chi connectivity index (χ4n) is 0.925. The van der Waals surface area contributed by atoms with E-state index in [1.165, 1.54) is 4.31 Å². The van der Waals surface area contributed by atoms with Crippen LogP contribution in [0.5, 0.6) is 0 Å². The van der Waals surface area contributed by atoms with E-state index in [1.807, 2.05) is 14.1 Å². The molecule has 66 valence electrons. The first-order chi connectivity index (χ1) is 5.02. The van der Waals surface area contributed by atoms with Crippen molar-refractivity contribution in [3.05, 3.63) is 0 Å². The first kappa shape index (κ1) is 8.96. The maximum atomic E-state index is 10.7. The van der Waals surface area contributed by atoms with E-state index in [4.69, 9.17) is 0 Å². The van der Waals surface area contributed by atoms with E-state index in [0.29, 0.717) is 6.54 Å². The molecule has 1 aliphatic rings. The van der Waals surface area contributed by atoms with Crippen molar-refractivity contribution in [1.29, 1.82) is 0 Å². The summed E-state index contributed by atoms with van der Waals surface area (Å²) in [6.45, 7) is 1.63. The Labute approximate surface area is 67.8 Å². The predicted molar refractivity (Wildman–Crippen MR) is 43.7 cm³/mol. The van der Waals surface area contributed by atoms with Gasteiger partial charge in [-0.3, -0.25) is 0 Å². The Hall–Kier alpha value is -0.130. The molecule has 0 saturated carbocycles. The van der Waals surface area contributed by atoms with E-state index < -0.39 is 10.0 Å². The zero-order valence-electron chi connectivity index (χ0n) is 6.95. The second kappa shape index (κ2) is 3.08. The van der Waals surface area contributed by atoms with Crippen molar-refractivity contribution < 1.29 is 8.42 Å². The van der Waals surface area contributed by atoms with Gasteiger partial charge in [-0.2, -0.15) is 4.31 Å². The molecule has 0 spiro atoms. The number of rotatable bonds is 4. The van der Waals surface area contributed by atoms with Crippen LogP contribution in [0.4, 0.5) is 0 Å². The molecule has 0 bridgehead atoms. The van der Waals surface area contributed by atoms with Crippen LogP contribution in [0, 0.1) is 0 Å². The highest BCUT2D eigenvalue weighted by atomic mass is 32.2. The molecule has 0 aromatic rings. The van der Waals surface area contributed by atoms with E-state index in [2.05, 4.69) is 4.90 Å². The van der Waals surface area contributed by atoms with Gasteiger partial charge < -0.3 is 4.90 Å². The summed E-state index contributed by atoms with van der Waals surface area (Å²) in [7, 11) is 1.23. The highest BCUT2D eigenvalue weighted by molar-refractivity contribution is 7.95. The summed E-state index contributed by atoms with van der Waals surface area (Å²) in [5.74, 6) is 0.264. The van der Waals surface area contributed by atoms with Crippen LogP contribution < -0.4 is 0 Å². The van der Waals surface area contributed by atoms with Crippen molar-refractivity contribution in [1.82, 2.24) is 9.21 Å². The van der Waals surface area contributed by atoms with Crippen molar-refractivity contribution in [2.24, 2.45) is 0 Å². The van der Waals surface area contributed by atoms with Crippen molar-refractivity contribution in [2.45, 2.75) is 6.42 Å². The molecule has 11 heavy (non-hydrogen) atoms. The molecular formula is C6H14N2O2S. The summed E-state index contributed by atoms with van der Waals surface area (Å²) in [6, 6.07) is 0. The largest absolute Gasteiger partial charge is 0.309 e. The molecule has 0 aliphatic carbocycles. The summed E-state index contributed by atoms with van der Waals surface area (Å²) in [6.07, 6.45) is 0.923. The smallest absolute Gasteiger partial charge is 0.229 e. The third kappa shape index (κ3) is 2.76. The lowest BCUT2D eigenvalue weighted by Crippen LogP contribution is -2.16. The van der Waals surface area contributed by atoms with Crippen LogP contribution in [0.1, 0.15) is 6.42 Å². The molecule has 1 rings (SSSR count). The summed E-state index contributed by atoms with van der Waals surface area (Å²) < 4.78 is 22.8. The van der Waals surface area contributed by atoms with Crippen LogP contribution >= 0.6 is 0 Å². The second-order valence-corrected chi connectivity index (χ2v) is 5.01. The Bertz CT molecular complexity index is 223. The van der Waals surface area contributed by atoms with E-state index in [-0.39, 0.29) is 5.88 Å². The van der Waals surface area contributed by atoms with Gasteiger partial charge in [-0.1, -0.05) is 0 Å². The average molecular weight is 178 g/mol. The lowest BCUT2D eigenvalue weighted by atomic mass is 10.4. The third-order valence-electron chi connectivity index (χ3n) is 1.64. The SMILES string of the molecule is CN(C)CCCN1CS1(=O)=O. The fourth-order valence-corrected chi connectivity index (χ4v) is 2.04. The molecule has 0 aromatic heterocycles. The van der Waals surface area contributed by atoms with Gasteiger partial charge in [-0.05, 0) is 27.1 Å². The van der Waals surface area contributed by atoms with Crippen LogP contribution in [0.2, 0.25) is 0 Å². The van der Waals surface area contributed by atoms with Gasteiger partial charge in [0, 0.05) is 6.54 Å². The van der Waals surface area contributed by atoms with Crippen molar-refractivity contribution in [2.75, 3.05) is 33.1 Å². The Morgan fingerprint density at radius 2 is 2.00 bits per heavy atom. The van der Waals surface area contributed by atoms with Crippen molar-refractivity contribution >= 4 is 10.0 Å². The Balaban J connectivity index is 2.07. The van der Waals surface area contributed by atoms with Crippen LogP contribution in [-0.2, 0) is 10.0 Å². The molecule has 1 atom stereocenters. The van der Waals surface area contributed by atoms with Crippen LogP contribution in [0.3, 0.4) is 0 Å². The molecule has 5 heteroatoms. The van der Waals surface area contributed by atoms with Crippen LogP contribution in [0.25, 0.3) is 0 Å². The monoisotopic (exact) mass is 178 g/mol. The molecule has 1 aliphatic heterocycles. The molecule has 1 saturated heterocycles.